The van der Waals surface area contributed by atoms with Crippen molar-refractivity contribution in [2.75, 3.05) is 20.2 Å². The van der Waals surface area contributed by atoms with Crippen LogP contribution in [0.5, 0.6) is 0 Å². The van der Waals surface area contributed by atoms with Crippen LogP contribution < -0.4 is 0 Å². The number of hydrogen-bond donors (Lipinski definition) is 0. The van der Waals surface area contributed by atoms with Crippen molar-refractivity contribution >= 4 is 5.91 Å². The molecule has 0 aromatic rings. The van der Waals surface area contributed by atoms with Crippen molar-refractivity contribution in [3.63, 3.8) is 0 Å². The van der Waals surface area contributed by atoms with Gasteiger partial charge in [0.2, 0.25) is 0 Å². The highest BCUT2D eigenvalue weighted by Crippen LogP contribution is 2.18. The summed E-state index contributed by atoms with van der Waals surface area (Å²) in [4.78, 5) is 13.9. The average molecular weight is 226 g/mol. The Morgan fingerprint density at radius 3 is 2.44 bits per heavy atom. The van der Waals surface area contributed by atoms with Crippen LogP contribution in [0.15, 0.2) is 0 Å². The highest BCUT2D eigenvalue weighted by Gasteiger charge is 2.34. The van der Waals surface area contributed by atoms with Crippen LogP contribution in [0.4, 0.5) is 0 Å². The van der Waals surface area contributed by atoms with Crippen molar-refractivity contribution in [3.8, 4) is 6.07 Å². The maximum absolute atomic E-state index is 12.2. The molecule has 0 aromatic carbocycles. The standard InChI is InChI=1S/C12H22N2O2/c1-6-12(4,16-5)11(15)14(7-2)9-10(3)8-13/h10H,6-7,9H2,1-5H3. The van der Waals surface area contributed by atoms with Crippen LogP contribution in [0.1, 0.15) is 34.1 Å². The molecule has 0 radical (unpaired) electrons. The van der Waals surface area contributed by atoms with Gasteiger partial charge in [-0.2, -0.15) is 5.26 Å². The molecular formula is C12H22N2O2. The van der Waals surface area contributed by atoms with Crippen molar-refractivity contribution in [1.82, 2.24) is 4.90 Å². The molecular weight excluding hydrogens is 204 g/mol. The van der Waals surface area contributed by atoms with E-state index in [1.165, 1.54) is 0 Å². The van der Waals surface area contributed by atoms with Crippen LogP contribution in [0.25, 0.3) is 0 Å². The summed E-state index contributed by atoms with van der Waals surface area (Å²) in [7, 11) is 1.54. The lowest BCUT2D eigenvalue weighted by atomic mass is 10.0. The quantitative estimate of drug-likeness (QED) is 0.694. The number of amides is 1. The molecule has 0 saturated carbocycles. The third-order valence-electron chi connectivity index (χ3n) is 2.96. The molecule has 0 aliphatic heterocycles. The van der Waals surface area contributed by atoms with Gasteiger partial charge in [-0.3, -0.25) is 4.79 Å². The van der Waals surface area contributed by atoms with Gasteiger partial charge in [-0.1, -0.05) is 6.92 Å². The van der Waals surface area contributed by atoms with Gasteiger partial charge in [0.15, 0.2) is 0 Å². The number of carbonyl (C=O) groups excluding carboxylic acids is 1. The molecule has 0 saturated heterocycles. The largest absolute Gasteiger partial charge is 0.369 e. The number of nitrogens with zero attached hydrogens (tertiary/aromatic N) is 2. The van der Waals surface area contributed by atoms with Crippen molar-refractivity contribution in [1.29, 1.82) is 5.26 Å². The smallest absolute Gasteiger partial charge is 0.254 e. The normalized spacial score (nSPS) is 16.0. The zero-order valence-electron chi connectivity index (χ0n) is 10.9. The summed E-state index contributed by atoms with van der Waals surface area (Å²) in [6.45, 7) is 8.49. The number of ether oxygens (including phenoxy) is 1. The molecule has 2 atom stereocenters. The van der Waals surface area contributed by atoms with Crippen LogP contribution in [0.2, 0.25) is 0 Å². The molecule has 0 aliphatic rings. The maximum atomic E-state index is 12.2. The summed E-state index contributed by atoms with van der Waals surface area (Å²) >= 11 is 0. The zero-order chi connectivity index (χ0) is 12.8. The van der Waals surface area contributed by atoms with Gasteiger partial charge in [-0.15, -0.1) is 0 Å². The number of hydrogen-bond acceptors (Lipinski definition) is 3. The van der Waals surface area contributed by atoms with Crippen molar-refractivity contribution in [2.24, 2.45) is 5.92 Å². The van der Waals surface area contributed by atoms with Gasteiger partial charge in [0, 0.05) is 20.2 Å². The molecule has 1 amide bonds. The van der Waals surface area contributed by atoms with Gasteiger partial charge in [0.1, 0.15) is 5.60 Å². The highest BCUT2D eigenvalue weighted by molar-refractivity contribution is 5.84. The summed E-state index contributed by atoms with van der Waals surface area (Å²) in [5.74, 6) is -0.191. The van der Waals surface area contributed by atoms with Crippen LogP contribution in [0.3, 0.4) is 0 Å². The molecule has 0 aliphatic carbocycles. The second kappa shape index (κ2) is 6.49. The van der Waals surface area contributed by atoms with Crippen LogP contribution in [0, 0.1) is 17.2 Å². The first-order chi connectivity index (χ1) is 7.45. The SMILES string of the molecule is CCN(CC(C)C#N)C(=O)C(C)(CC)OC. The molecule has 0 rings (SSSR count). The van der Waals surface area contributed by atoms with Gasteiger partial charge in [0.25, 0.3) is 5.91 Å². The minimum atomic E-state index is -0.773. The fourth-order valence-corrected chi connectivity index (χ4v) is 1.44. The van der Waals surface area contributed by atoms with Crippen LogP contribution >= 0.6 is 0 Å². The fourth-order valence-electron chi connectivity index (χ4n) is 1.44. The van der Waals surface area contributed by atoms with E-state index in [0.29, 0.717) is 19.5 Å². The van der Waals surface area contributed by atoms with Crippen molar-refractivity contribution in [2.45, 2.75) is 39.7 Å². The van der Waals surface area contributed by atoms with E-state index < -0.39 is 5.60 Å². The summed E-state index contributed by atoms with van der Waals surface area (Å²) in [6.07, 6.45) is 0.625. The minimum Gasteiger partial charge on any atom is -0.369 e. The van der Waals surface area contributed by atoms with E-state index in [-0.39, 0.29) is 11.8 Å². The molecule has 0 bridgehead atoms. The molecule has 92 valence electrons. The predicted molar refractivity (Wildman–Crippen MR) is 62.7 cm³/mol. The first-order valence-electron chi connectivity index (χ1n) is 5.69. The number of rotatable bonds is 6. The third kappa shape index (κ3) is 3.49. The van der Waals surface area contributed by atoms with E-state index in [1.807, 2.05) is 20.8 Å². The van der Waals surface area contributed by atoms with Crippen molar-refractivity contribution in [3.05, 3.63) is 0 Å². The first-order valence-corrected chi connectivity index (χ1v) is 5.69. The summed E-state index contributed by atoms with van der Waals surface area (Å²) in [6, 6.07) is 2.14. The van der Waals surface area contributed by atoms with Crippen molar-refractivity contribution < 1.29 is 9.53 Å². The predicted octanol–water partition coefficient (Wildman–Crippen LogP) is 1.81. The number of methoxy groups -OCH3 is 1. The molecule has 16 heavy (non-hydrogen) atoms. The van der Waals surface area contributed by atoms with Gasteiger partial charge < -0.3 is 9.64 Å². The molecule has 0 spiro atoms. The summed E-state index contributed by atoms with van der Waals surface area (Å²) < 4.78 is 5.27. The summed E-state index contributed by atoms with van der Waals surface area (Å²) in [5.41, 5.74) is -0.773. The lowest BCUT2D eigenvalue weighted by Crippen LogP contribution is -2.49. The Morgan fingerprint density at radius 1 is 1.56 bits per heavy atom. The molecule has 0 heterocycles. The maximum Gasteiger partial charge on any atom is 0.254 e. The second-order valence-corrected chi connectivity index (χ2v) is 4.16. The van der Waals surface area contributed by atoms with Gasteiger partial charge >= 0.3 is 0 Å². The molecule has 0 aromatic heterocycles. The van der Waals surface area contributed by atoms with Gasteiger partial charge in [0.05, 0.1) is 12.0 Å². The first kappa shape index (κ1) is 14.9. The van der Waals surface area contributed by atoms with E-state index in [1.54, 1.807) is 18.9 Å². The van der Waals surface area contributed by atoms with E-state index in [4.69, 9.17) is 10.00 Å². The Labute approximate surface area is 98.2 Å². The number of carbonyl (C=O) groups is 1. The number of nitriles is 1. The van der Waals surface area contributed by atoms with Gasteiger partial charge in [-0.05, 0) is 27.2 Å². The molecule has 4 heteroatoms. The third-order valence-corrected chi connectivity index (χ3v) is 2.96. The second-order valence-electron chi connectivity index (χ2n) is 4.16. The summed E-state index contributed by atoms with van der Waals surface area (Å²) in [5, 5.41) is 8.76. The Balaban J connectivity index is 4.72. The Hall–Kier alpha value is -1.08. The monoisotopic (exact) mass is 226 g/mol. The van der Waals surface area contributed by atoms with E-state index in [2.05, 4.69) is 6.07 Å². The lowest BCUT2D eigenvalue weighted by Gasteiger charge is -2.32. The van der Waals surface area contributed by atoms with Crippen LogP contribution in [-0.4, -0.2) is 36.6 Å². The topological polar surface area (TPSA) is 53.3 Å². The average Bonchev–Trinajstić information content (AvgIpc) is 2.33. The van der Waals surface area contributed by atoms with E-state index in [0.717, 1.165) is 0 Å². The Kier molecular flexibility index (Phi) is 6.05. The van der Waals surface area contributed by atoms with Gasteiger partial charge in [-0.25, -0.2) is 0 Å². The van der Waals surface area contributed by atoms with E-state index >= 15 is 0 Å². The molecule has 0 N–H and O–H groups in total. The minimum absolute atomic E-state index is 0.0397. The zero-order valence-corrected chi connectivity index (χ0v) is 10.9. The molecule has 0 fully saturated rings. The molecule has 2 unspecified atom stereocenters. The Bertz CT molecular complexity index is 267. The lowest BCUT2D eigenvalue weighted by molar-refractivity contribution is -0.153. The fraction of sp³-hybridized carbons (Fsp3) is 0.833. The molecule has 4 nitrogen and oxygen atoms in total. The number of likely N-dealkylation sites (N-methyl/N-ethyl adjacent to an activating group) is 1. The Morgan fingerprint density at radius 2 is 2.12 bits per heavy atom. The van der Waals surface area contributed by atoms with E-state index in [9.17, 15) is 4.79 Å². The highest BCUT2D eigenvalue weighted by atomic mass is 16.5. The van der Waals surface area contributed by atoms with Crippen LogP contribution in [-0.2, 0) is 9.53 Å².